The molecule has 3 N–H and O–H groups in total. The Morgan fingerprint density at radius 1 is 1.08 bits per heavy atom. The largest absolute Gasteiger partial charge is 1.00 e. The van der Waals surface area contributed by atoms with Gasteiger partial charge >= 0.3 is 0 Å². The second-order valence-corrected chi connectivity index (χ2v) is 5.53. The molecule has 26 heavy (non-hydrogen) atoms. The van der Waals surface area contributed by atoms with Crippen molar-refractivity contribution < 1.29 is 36.1 Å². The zero-order valence-corrected chi connectivity index (χ0v) is 15.0. The van der Waals surface area contributed by atoms with Crippen LogP contribution in [-0.4, -0.2) is 26.4 Å². The van der Waals surface area contributed by atoms with Gasteiger partial charge in [0, 0.05) is 13.1 Å². The van der Waals surface area contributed by atoms with Gasteiger partial charge in [0.1, 0.15) is 0 Å². The molecule has 0 unspecified atom stereocenters. The van der Waals surface area contributed by atoms with Crippen LogP contribution in [0.3, 0.4) is 0 Å². The van der Waals surface area contributed by atoms with Gasteiger partial charge in [-0.05, 0) is 35.4 Å². The van der Waals surface area contributed by atoms with Crippen molar-refractivity contribution in [3.8, 4) is 23.0 Å². The number of ether oxygens (including phenoxy) is 4. The summed E-state index contributed by atoms with van der Waals surface area (Å²) in [7, 11) is 1.55. The molecule has 1 amide bonds. The molecule has 0 aliphatic carbocycles. The maximum absolute atomic E-state index is 10.8. The van der Waals surface area contributed by atoms with E-state index in [1.54, 1.807) is 13.2 Å². The number of carbonyl (C=O) groups excluding carboxylic acids is 1. The second-order valence-electron chi connectivity index (χ2n) is 5.53. The average Bonchev–Trinajstić information content (AvgIpc) is 3.08. The zero-order chi connectivity index (χ0) is 17.6. The molecule has 0 spiro atoms. The molecule has 0 atom stereocenters. The van der Waals surface area contributed by atoms with Gasteiger partial charge in [-0.15, -0.1) is 0 Å². The third-order valence-corrected chi connectivity index (χ3v) is 3.69. The molecule has 3 rings (SSSR count). The van der Waals surface area contributed by atoms with Crippen LogP contribution in [0.2, 0.25) is 0 Å². The van der Waals surface area contributed by atoms with E-state index >= 15 is 0 Å². The van der Waals surface area contributed by atoms with Crippen LogP contribution in [0.1, 0.15) is 11.1 Å². The van der Waals surface area contributed by atoms with E-state index in [0.29, 0.717) is 24.6 Å². The molecule has 0 saturated heterocycles. The second kappa shape index (κ2) is 9.17. The zero-order valence-electron chi connectivity index (χ0n) is 14.3. The molecule has 0 saturated carbocycles. The summed E-state index contributed by atoms with van der Waals surface area (Å²) >= 11 is 0. The van der Waals surface area contributed by atoms with Gasteiger partial charge in [-0.1, -0.05) is 12.1 Å². The Hall–Kier alpha value is -2.64. The number of benzene rings is 2. The Morgan fingerprint density at radius 3 is 2.50 bits per heavy atom. The summed E-state index contributed by atoms with van der Waals surface area (Å²) in [5, 5.41) is 3.36. The summed E-state index contributed by atoms with van der Waals surface area (Å²) < 4.78 is 21.3. The minimum Gasteiger partial charge on any atom is -1.00 e. The molecule has 140 valence electrons. The molecular weight excluding hydrogens is 360 g/mol. The molecular formula is C18H20ClN2O5-. The number of primary amides is 1. The van der Waals surface area contributed by atoms with Crippen molar-refractivity contribution >= 4 is 5.91 Å². The van der Waals surface area contributed by atoms with Crippen LogP contribution in [-0.2, 0) is 17.9 Å². The maximum atomic E-state index is 10.8. The quantitative estimate of drug-likeness (QED) is 0.585. The predicted molar refractivity (Wildman–Crippen MR) is 90.8 cm³/mol. The number of nitrogens with one attached hydrogen (secondary N) is 1. The van der Waals surface area contributed by atoms with Crippen LogP contribution in [0.25, 0.3) is 0 Å². The van der Waals surface area contributed by atoms with Crippen LogP contribution in [0.4, 0.5) is 0 Å². The Kier molecular flexibility index (Phi) is 6.94. The smallest absolute Gasteiger partial charge is 0.255 e. The van der Waals surface area contributed by atoms with Crippen LogP contribution >= 0.6 is 0 Å². The Morgan fingerprint density at radius 2 is 1.77 bits per heavy atom. The van der Waals surface area contributed by atoms with Crippen molar-refractivity contribution in [3.63, 3.8) is 0 Å². The maximum Gasteiger partial charge on any atom is 0.255 e. The van der Waals surface area contributed by atoms with Crippen LogP contribution in [0.15, 0.2) is 36.4 Å². The van der Waals surface area contributed by atoms with Crippen molar-refractivity contribution in [3.05, 3.63) is 47.5 Å². The van der Waals surface area contributed by atoms with E-state index in [9.17, 15) is 4.79 Å². The highest BCUT2D eigenvalue weighted by Gasteiger charge is 2.13. The average molecular weight is 380 g/mol. The standard InChI is InChI=1S/C18H20N2O5.ClH/c1-22-16-6-12(2-4-14(16)23-10-18(19)21)8-20-9-13-3-5-15-17(7-13)25-11-24-15;/h2-7,20H,8-11H2,1H3,(H2,19,21);1H/p-1. The number of carbonyl (C=O) groups is 1. The van der Waals surface area contributed by atoms with Crippen molar-refractivity contribution in [1.29, 1.82) is 0 Å². The highest BCUT2D eigenvalue weighted by Crippen LogP contribution is 2.32. The highest BCUT2D eigenvalue weighted by molar-refractivity contribution is 5.75. The van der Waals surface area contributed by atoms with Crippen LogP contribution < -0.4 is 42.4 Å². The number of fused-ring (bicyclic) bond motifs is 1. The molecule has 0 aromatic heterocycles. The summed E-state index contributed by atoms with van der Waals surface area (Å²) in [6.07, 6.45) is 0. The molecule has 7 nitrogen and oxygen atoms in total. The molecule has 0 fully saturated rings. The van der Waals surface area contributed by atoms with Crippen molar-refractivity contribution in [1.82, 2.24) is 5.32 Å². The van der Waals surface area contributed by atoms with Crippen molar-refractivity contribution in [2.75, 3.05) is 20.5 Å². The Bertz CT molecular complexity index is 769. The molecule has 1 aliphatic rings. The molecule has 0 radical (unpaired) electrons. The highest BCUT2D eigenvalue weighted by atomic mass is 35.5. The van der Waals surface area contributed by atoms with E-state index in [1.807, 2.05) is 30.3 Å². The van der Waals surface area contributed by atoms with Gasteiger partial charge in [-0.3, -0.25) is 4.79 Å². The molecule has 1 heterocycles. The Balaban J connectivity index is 0.00000243. The first kappa shape index (κ1) is 19.7. The fraction of sp³-hybridized carbons (Fsp3) is 0.278. The van der Waals surface area contributed by atoms with E-state index in [1.165, 1.54) is 0 Å². The summed E-state index contributed by atoms with van der Waals surface area (Å²) in [5.74, 6) is 2.07. The topological polar surface area (TPSA) is 92.0 Å². The lowest BCUT2D eigenvalue weighted by atomic mass is 10.1. The van der Waals surface area contributed by atoms with Gasteiger partial charge in [0.25, 0.3) is 5.91 Å². The molecule has 8 heteroatoms. The first-order valence-corrected chi connectivity index (χ1v) is 7.83. The van der Waals surface area contributed by atoms with E-state index in [2.05, 4.69) is 5.32 Å². The van der Waals surface area contributed by atoms with Gasteiger partial charge < -0.3 is 42.4 Å². The molecule has 1 aliphatic heterocycles. The van der Waals surface area contributed by atoms with Crippen LogP contribution in [0, 0.1) is 0 Å². The fourth-order valence-electron chi connectivity index (χ4n) is 2.49. The Labute approximate surface area is 157 Å². The molecule has 0 bridgehead atoms. The summed E-state index contributed by atoms with van der Waals surface area (Å²) in [6, 6.07) is 11.4. The monoisotopic (exact) mass is 379 g/mol. The summed E-state index contributed by atoms with van der Waals surface area (Å²) in [6.45, 7) is 1.44. The third kappa shape index (κ3) is 4.93. The van der Waals surface area contributed by atoms with E-state index in [0.717, 1.165) is 22.6 Å². The first-order chi connectivity index (χ1) is 12.2. The number of halogens is 1. The third-order valence-electron chi connectivity index (χ3n) is 3.69. The van der Waals surface area contributed by atoms with Gasteiger partial charge in [-0.25, -0.2) is 0 Å². The molecule has 2 aromatic carbocycles. The lowest BCUT2D eigenvalue weighted by molar-refractivity contribution is -0.119. The normalized spacial score (nSPS) is 11.6. The fourth-order valence-corrected chi connectivity index (χ4v) is 2.49. The number of hydrogen-bond donors (Lipinski definition) is 2. The van der Waals surface area contributed by atoms with E-state index < -0.39 is 5.91 Å². The number of amides is 1. The summed E-state index contributed by atoms with van der Waals surface area (Å²) in [4.78, 5) is 10.8. The van der Waals surface area contributed by atoms with Crippen LogP contribution in [0.5, 0.6) is 23.0 Å². The van der Waals surface area contributed by atoms with E-state index in [4.69, 9.17) is 24.7 Å². The lowest BCUT2D eigenvalue weighted by Gasteiger charge is -2.12. The predicted octanol–water partition coefficient (Wildman–Crippen LogP) is -1.42. The number of hydrogen-bond acceptors (Lipinski definition) is 6. The SMILES string of the molecule is COc1cc(CNCc2ccc3c(c2)OCO3)ccc1OCC(N)=O.[Cl-]. The minimum absolute atomic E-state index is 0. The first-order valence-electron chi connectivity index (χ1n) is 7.83. The van der Waals surface area contributed by atoms with Gasteiger partial charge in [0.05, 0.1) is 7.11 Å². The molecule has 2 aromatic rings. The van der Waals surface area contributed by atoms with Gasteiger partial charge in [-0.2, -0.15) is 0 Å². The summed E-state index contributed by atoms with van der Waals surface area (Å²) in [5.41, 5.74) is 7.23. The van der Waals surface area contributed by atoms with Crippen molar-refractivity contribution in [2.24, 2.45) is 5.73 Å². The van der Waals surface area contributed by atoms with Gasteiger partial charge in [0.15, 0.2) is 29.6 Å². The van der Waals surface area contributed by atoms with Crippen molar-refractivity contribution in [2.45, 2.75) is 13.1 Å². The number of nitrogens with two attached hydrogens (primary N) is 1. The lowest BCUT2D eigenvalue weighted by Crippen LogP contribution is -3.00. The van der Waals surface area contributed by atoms with Gasteiger partial charge in [0.2, 0.25) is 6.79 Å². The van der Waals surface area contributed by atoms with E-state index in [-0.39, 0.29) is 25.8 Å². The number of rotatable bonds is 8. The minimum atomic E-state index is -0.531. The number of methoxy groups -OCH3 is 1.